The molecule has 2 unspecified atom stereocenters. The highest BCUT2D eigenvalue weighted by Crippen LogP contribution is 2.42. The third-order valence-electron chi connectivity index (χ3n) is 3.10. The predicted octanol–water partition coefficient (Wildman–Crippen LogP) is 2.44. The van der Waals surface area contributed by atoms with Crippen molar-refractivity contribution in [2.45, 2.75) is 58.2 Å². The minimum Gasteiger partial charge on any atom is -0.481 e. The Morgan fingerprint density at radius 3 is 2.57 bits per heavy atom. The Morgan fingerprint density at radius 2 is 2.14 bits per heavy atom. The van der Waals surface area contributed by atoms with Crippen LogP contribution >= 0.6 is 0 Å². The number of carboxylic acids is 1. The summed E-state index contributed by atoms with van der Waals surface area (Å²) in [5, 5.41) is 8.54. The predicted molar refractivity (Wildman–Crippen MR) is 54.2 cm³/mol. The Kier molecular flexibility index (Phi) is 3.53. The van der Waals surface area contributed by atoms with Gasteiger partial charge in [0.15, 0.2) is 0 Å². The van der Waals surface area contributed by atoms with Gasteiger partial charge in [0.05, 0.1) is 11.7 Å². The van der Waals surface area contributed by atoms with Crippen molar-refractivity contribution in [1.29, 1.82) is 0 Å². The zero-order valence-electron chi connectivity index (χ0n) is 9.25. The Bertz CT molecular complexity index is 211. The van der Waals surface area contributed by atoms with E-state index >= 15 is 0 Å². The zero-order valence-corrected chi connectivity index (χ0v) is 9.25. The van der Waals surface area contributed by atoms with Gasteiger partial charge in [-0.05, 0) is 33.1 Å². The number of hydrogen-bond donors (Lipinski definition) is 1. The first-order valence-electron chi connectivity index (χ1n) is 5.37. The first-order valence-corrected chi connectivity index (χ1v) is 5.37. The van der Waals surface area contributed by atoms with Gasteiger partial charge >= 0.3 is 5.97 Å². The van der Waals surface area contributed by atoms with E-state index in [0.29, 0.717) is 12.0 Å². The van der Waals surface area contributed by atoms with Crippen LogP contribution in [0.5, 0.6) is 0 Å². The standard InChI is InChI=1S/C11H20O3/c1-4-9-8(11(2,3)14-9)6-5-7-10(12)13/h8-9H,4-7H2,1-3H3,(H,12,13). The molecule has 1 aliphatic heterocycles. The monoisotopic (exact) mass is 200 g/mol. The van der Waals surface area contributed by atoms with Crippen LogP contribution in [0.1, 0.15) is 46.5 Å². The number of ether oxygens (including phenoxy) is 1. The Hall–Kier alpha value is -0.570. The van der Waals surface area contributed by atoms with Crippen LogP contribution < -0.4 is 0 Å². The summed E-state index contributed by atoms with van der Waals surface area (Å²) >= 11 is 0. The van der Waals surface area contributed by atoms with Crippen LogP contribution in [-0.4, -0.2) is 22.8 Å². The molecule has 0 amide bonds. The Balaban J connectivity index is 2.30. The topological polar surface area (TPSA) is 46.5 Å². The van der Waals surface area contributed by atoms with Gasteiger partial charge in [-0.2, -0.15) is 0 Å². The molecule has 14 heavy (non-hydrogen) atoms. The summed E-state index contributed by atoms with van der Waals surface area (Å²) in [4.78, 5) is 10.4. The molecule has 82 valence electrons. The molecular weight excluding hydrogens is 180 g/mol. The highest BCUT2D eigenvalue weighted by Gasteiger charge is 2.46. The summed E-state index contributed by atoms with van der Waals surface area (Å²) in [6.07, 6.45) is 3.39. The smallest absolute Gasteiger partial charge is 0.303 e. The van der Waals surface area contributed by atoms with Crippen molar-refractivity contribution in [2.24, 2.45) is 5.92 Å². The van der Waals surface area contributed by atoms with Crippen LogP contribution in [0, 0.1) is 5.92 Å². The quantitative estimate of drug-likeness (QED) is 0.741. The van der Waals surface area contributed by atoms with E-state index in [1.54, 1.807) is 0 Å². The maximum atomic E-state index is 10.4. The number of hydrogen-bond acceptors (Lipinski definition) is 2. The van der Waals surface area contributed by atoms with E-state index in [2.05, 4.69) is 20.8 Å². The van der Waals surface area contributed by atoms with Gasteiger partial charge in [0.1, 0.15) is 0 Å². The second kappa shape index (κ2) is 4.30. The lowest BCUT2D eigenvalue weighted by Gasteiger charge is -2.51. The van der Waals surface area contributed by atoms with E-state index in [1.807, 2.05) is 0 Å². The average Bonchev–Trinajstić information content (AvgIpc) is 2.08. The molecule has 0 aromatic rings. The van der Waals surface area contributed by atoms with Gasteiger partial charge in [-0.15, -0.1) is 0 Å². The highest BCUT2D eigenvalue weighted by atomic mass is 16.5. The molecule has 2 atom stereocenters. The van der Waals surface area contributed by atoms with Gasteiger partial charge < -0.3 is 9.84 Å². The van der Waals surface area contributed by atoms with Gasteiger partial charge in [0, 0.05) is 12.3 Å². The minimum atomic E-state index is -0.698. The molecule has 0 radical (unpaired) electrons. The van der Waals surface area contributed by atoms with Crippen LogP contribution in [0.25, 0.3) is 0 Å². The number of carbonyl (C=O) groups is 1. The van der Waals surface area contributed by atoms with Crippen molar-refractivity contribution in [2.75, 3.05) is 0 Å². The number of aliphatic carboxylic acids is 1. The van der Waals surface area contributed by atoms with Crippen molar-refractivity contribution >= 4 is 5.97 Å². The van der Waals surface area contributed by atoms with Crippen LogP contribution in [0.3, 0.4) is 0 Å². The lowest BCUT2D eigenvalue weighted by atomic mass is 9.75. The SMILES string of the molecule is CCC1OC(C)(C)C1CCCC(=O)O. The molecule has 1 heterocycles. The molecule has 0 aromatic heterocycles. The third-order valence-corrected chi connectivity index (χ3v) is 3.10. The second-order valence-corrected chi connectivity index (χ2v) is 4.56. The molecule has 1 rings (SSSR count). The van der Waals surface area contributed by atoms with Crippen LogP contribution in [-0.2, 0) is 9.53 Å². The lowest BCUT2D eigenvalue weighted by Crippen LogP contribution is -2.55. The van der Waals surface area contributed by atoms with E-state index in [1.165, 1.54) is 0 Å². The van der Waals surface area contributed by atoms with Crippen molar-refractivity contribution in [3.63, 3.8) is 0 Å². The summed E-state index contributed by atoms with van der Waals surface area (Å²) < 4.78 is 5.70. The van der Waals surface area contributed by atoms with E-state index in [-0.39, 0.29) is 12.0 Å². The van der Waals surface area contributed by atoms with Crippen molar-refractivity contribution in [3.05, 3.63) is 0 Å². The molecule has 0 bridgehead atoms. The maximum absolute atomic E-state index is 10.4. The van der Waals surface area contributed by atoms with Crippen LogP contribution in [0.4, 0.5) is 0 Å². The molecule has 0 saturated carbocycles. The Morgan fingerprint density at radius 1 is 1.50 bits per heavy atom. The second-order valence-electron chi connectivity index (χ2n) is 4.56. The Labute approximate surface area is 85.5 Å². The molecule has 0 spiro atoms. The minimum absolute atomic E-state index is 0.0425. The molecule has 1 fully saturated rings. The maximum Gasteiger partial charge on any atom is 0.303 e. The van der Waals surface area contributed by atoms with Crippen molar-refractivity contribution in [1.82, 2.24) is 0 Å². The van der Waals surface area contributed by atoms with Crippen molar-refractivity contribution < 1.29 is 14.6 Å². The van der Waals surface area contributed by atoms with E-state index in [0.717, 1.165) is 19.3 Å². The first kappa shape index (κ1) is 11.5. The molecular formula is C11H20O3. The van der Waals surface area contributed by atoms with Crippen LogP contribution in [0.15, 0.2) is 0 Å². The molecule has 1 aliphatic rings. The van der Waals surface area contributed by atoms with Gasteiger partial charge in [0.25, 0.3) is 0 Å². The van der Waals surface area contributed by atoms with E-state index < -0.39 is 5.97 Å². The van der Waals surface area contributed by atoms with Crippen molar-refractivity contribution in [3.8, 4) is 0 Å². The van der Waals surface area contributed by atoms with Gasteiger partial charge in [-0.25, -0.2) is 0 Å². The highest BCUT2D eigenvalue weighted by molar-refractivity contribution is 5.66. The zero-order chi connectivity index (χ0) is 10.8. The largest absolute Gasteiger partial charge is 0.481 e. The summed E-state index contributed by atoms with van der Waals surface area (Å²) in [7, 11) is 0. The van der Waals surface area contributed by atoms with Gasteiger partial charge in [-0.3, -0.25) is 4.79 Å². The normalized spacial score (nSPS) is 29.6. The fourth-order valence-electron chi connectivity index (χ4n) is 2.31. The van der Waals surface area contributed by atoms with Crippen LogP contribution in [0.2, 0.25) is 0 Å². The van der Waals surface area contributed by atoms with E-state index in [4.69, 9.17) is 9.84 Å². The molecule has 1 N–H and O–H groups in total. The average molecular weight is 200 g/mol. The van der Waals surface area contributed by atoms with Gasteiger partial charge in [0.2, 0.25) is 0 Å². The summed E-state index contributed by atoms with van der Waals surface area (Å²) in [6.45, 7) is 6.29. The number of carboxylic acid groups (broad SMARTS) is 1. The molecule has 1 saturated heterocycles. The molecule has 3 heteroatoms. The third kappa shape index (κ3) is 2.47. The fourth-order valence-corrected chi connectivity index (χ4v) is 2.31. The molecule has 3 nitrogen and oxygen atoms in total. The van der Waals surface area contributed by atoms with Gasteiger partial charge in [-0.1, -0.05) is 6.92 Å². The first-order chi connectivity index (χ1) is 6.47. The summed E-state index contributed by atoms with van der Waals surface area (Å²) in [5.74, 6) is -0.164. The van der Waals surface area contributed by atoms with E-state index in [9.17, 15) is 4.79 Å². The summed E-state index contributed by atoms with van der Waals surface area (Å²) in [5.41, 5.74) is -0.0425. The molecule has 0 aromatic carbocycles. The number of rotatable bonds is 5. The lowest BCUT2D eigenvalue weighted by molar-refractivity contribution is -0.244. The summed E-state index contributed by atoms with van der Waals surface area (Å²) in [6, 6.07) is 0. The molecule has 0 aliphatic carbocycles. The fraction of sp³-hybridized carbons (Fsp3) is 0.909.